The molecule has 18 heavy (non-hydrogen) atoms. The van der Waals surface area contributed by atoms with Crippen LogP contribution in [-0.4, -0.2) is 33.5 Å². The molecule has 6 nitrogen and oxygen atoms in total. The highest BCUT2D eigenvalue weighted by Crippen LogP contribution is 2.35. The van der Waals surface area contributed by atoms with Crippen LogP contribution in [0.1, 0.15) is 13.2 Å². The molecule has 2 heterocycles. The van der Waals surface area contributed by atoms with Crippen molar-refractivity contribution in [1.82, 2.24) is 9.55 Å². The number of nitrogens with zero attached hydrogens (tertiary/aromatic N) is 2. The summed E-state index contributed by atoms with van der Waals surface area (Å²) < 4.78 is 33.1. The minimum atomic E-state index is -1.54. The van der Waals surface area contributed by atoms with Crippen molar-refractivity contribution >= 4 is 5.82 Å². The minimum absolute atomic E-state index is 0.377. The fourth-order valence-electron chi connectivity index (χ4n) is 1.91. The van der Waals surface area contributed by atoms with E-state index < -0.39 is 41.7 Å². The summed E-state index contributed by atoms with van der Waals surface area (Å²) in [5.41, 5.74) is 4.23. The molecule has 0 spiro atoms. The van der Waals surface area contributed by atoms with Gasteiger partial charge in [-0.25, -0.2) is 13.6 Å². The van der Waals surface area contributed by atoms with Crippen LogP contribution in [0.4, 0.5) is 14.6 Å². The van der Waals surface area contributed by atoms with Gasteiger partial charge in [-0.1, -0.05) is 6.92 Å². The van der Waals surface area contributed by atoms with Gasteiger partial charge in [0.25, 0.3) is 0 Å². The molecule has 1 aromatic rings. The third-order valence-electron chi connectivity index (χ3n) is 3.06. The highest BCUT2D eigenvalue weighted by Gasteiger charge is 2.43. The zero-order valence-corrected chi connectivity index (χ0v) is 9.59. The molecule has 4 atom stereocenters. The maximum atomic E-state index is 13.9. The lowest BCUT2D eigenvalue weighted by Crippen LogP contribution is -2.32. The number of aliphatic hydroxyl groups is 1. The zero-order chi connectivity index (χ0) is 13.4. The van der Waals surface area contributed by atoms with Gasteiger partial charge < -0.3 is 15.6 Å². The summed E-state index contributed by atoms with van der Waals surface area (Å²) in [6.07, 6.45) is -2.82. The van der Waals surface area contributed by atoms with Crippen LogP contribution in [0.3, 0.4) is 0 Å². The first-order chi connectivity index (χ1) is 8.45. The Labute approximate surface area is 101 Å². The maximum Gasteiger partial charge on any atom is 0.351 e. The van der Waals surface area contributed by atoms with Crippen molar-refractivity contribution in [2.24, 2.45) is 5.92 Å². The van der Waals surface area contributed by atoms with Gasteiger partial charge in [0.1, 0.15) is 0 Å². The van der Waals surface area contributed by atoms with E-state index in [1.54, 1.807) is 0 Å². The van der Waals surface area contributed by atoms with Crippen LogP contribution in [0.5, 0.6) is 0 Å². The largest absolute Gasteiger partial charge is 0.394 e. The van der Waals surface area contributed by atoms with Crippen LogP contribution in [0.15, 0.2) is 11.0 Å². The first-order valence-electron chi connectivity index (χ1n) is 5.40. The lowest BCUT2D eigenvalue weighted by Gasteiger charge is -2.16. The molecule has 1 aliphatic rings. The standard InChI is InChI=1S/C10H13F2N3O3/c1-4-6(3-16)18-9(7(4)12)15-2-5(11)8(13)14-10(15)17/h2,4,6-7,9,16H,3H2,1H3,(H2,13,14,17)/t4-,6+,7-,9+/m0/s1. The number of hydrogen-bond acceptors (Lipinski definition) is 5. The third kappa shape index (κ3) is 1.97. The molecule has 2 rings (SSSR count). The summed E-state index contributed by atoms with van der Waals surface area (Å²) >= 11 is 0. The van der Waals surface area contributed by atoms with Crippen molar-refractivity contribution < 1.29 is 18.6 Å². The van der Waals surface area contributed by atoms with Crippen molar-refractivity contribution in [2.75, 3.05) is 12.3 Å². The Morgan fingerprint density at radius 2 is 2.33 bits per heavy atom. The number of aliphatic hydroxyl groups excluding tert-OH is 1. The third-order valence-corrected chi connectivity index (χ3v) is 3.06. The Hall–Kier alpha value is -1.54. The van der Waals surface area contributed by atoms with Crippen molar-refractivity contribution in [2.45, 2.75) is 25.4 Å². The number of rotatable bonds is 2. The van der Waals surface area contributed by atoms with Gasteiger partial charge in [0.2, 0.25) is 0 Å². The van der Waals surface area contributed by atoms with Gasteiger partial charge in [0.05, 0.1) is 18.9 Å². The van der Waals surface area contributed by atoms with E-state index in [-0.39, 0.29) is 6.61 Å². The molecule has 8 heteroatoms. The lowest BCUT2D eigenvalue weighted by molar-refractivity contribution is -0.0422. The van der Waals surface area contributed by atoms with Crippen LogP contribution in [0.25, 0.3) is 0 Å². The van der Waals surface area contributed by atoms with Crippen LogP contribution in [0.2, 0.25) is 0 Å². The second-order valence-electron chi connectivity index (χ2n) is 4.22. The number of halogens is 2. The second kappa shape index (κ2) is 4.62. The van der Waals surface area contributed by atoms with Gasteiger partial charge in [-0.3, -0.25) is 4.57 Å². The number of alkyl halides is 1. The first-order valence-corrected chi connectivity index (χ1v) is 5.40. The number of ether oxygens (including phenoxy) is 1. The van der Waals surface area contributed by atoms with Crippen LogP contribution >= 0.6 is 0 Å². The molecular weight excluding hydrogens is 248 g/mol. The molecule has 1 aromatic heterocycles. The van der Waals surface area contributed by atoms with Crippen molar-refractivity contribution in [3.05, 3.63) is 22.5 Å². The molecule has 0 saturated carbocycles. The summed E-state index contributed by atoms with van der Waals surface area (Å²) in [6.45, 7) is 1.16. The molecule has 0 radical (unpaired) electrons. The average Bonchev–Trinajstić information content (AvgIpc) is 2.61. The average molecular weight is 261 g/mol. The van der Waals surface area contributed by atoms with Crippen LogP contribution < -0.4 is 11.4 Å². The fourth-order valence-corrected chi connectivity index (χ4v) is 1.91. The number of aromatic nitrogens is 2. The van der Waals surface area contributed by atoms with Crippen molar-refractivity contribution in [1.29, 1.82) is 0 Å². The Balaban J connectivity index is 2.39. The normalized spacial score (nSPS) is 31.8. The summed E-state index contributed by atoms with van der Waals surface area (Å²) in [4.78, 5) is 14.8. The second-order valence-corrected chi connectivity index (χ2v) is 4.22. The monoisotopic (exact) mass is 261 g/mol. The first kappa shape index (κ1) is 12.9. The molecule has 0 unspecified atom stereocenters. The Morgan fingerprint density at radius 3 is 2.89 bits per heavy atom. The van der Waals surface area contributed by atoms with Crippen molar-refractivity contribution in [3.63, 3.8) is 0 Å². The number of hydrogen-bond donors (Lipinski definition) is 2. The maximum absolute atomic E-state index is 13.9. The molecule has 3 N–H and O–H groups in total. The van der Waals surface area contributed by atoms with Crippen LogP contribution in [-0.2, 0) is 4.74 Å². The lowest BCUT2D eigenvalue weighted by atomic mass is 10.0. The number of nitrogens with two attached hydrogens (primary N) is 1. The van der Waals surface area contributed by atoms with Crippen LogP contribution in [0, 0.1) is 11.7 Å². The molecule has 0 amide bonds. The van der Waals surface area contributed by atoms with E-state index in [0.717, 1.165) is 6.20 Å². The SMILES string of the molecule is C[C@@H]1[C@H](F)[C@H](n2cc(F)c(N)nc2=O)O[C@@H]1CO. The van der Waals surface area contributed by atoms with Gasteiger partial charge >= 0.3 is 5.69 Å². The molecule has 0 bridgehead atoms. The van der Waals surface area contributed by atoms with Gasteiger partial charge in [0, 0.05) is 5.92 Å². The highest BCUT2D eigenvalue weighted by molar-refractivity contribution is 5.26. The number of nitrogen functional groups attached to an aromatic ring is 1. The van der Waals surface area contributed by atoms with Gasteiger partial charge in [-0.2, -0.15) is 4.98 Å². The summed E-state index contributed by atoms with van der Waals surface area (Å²) in [5, 5.41) is 9.00. The highest BCUT2D eigenvalue weighted by atomic mass is 19.1. The van der Waals surface area contributed by atoms with E-state index in [1.165, 1.54) is 6.92 Å². The van der Waals surface area contributed by atoms with Crippen molar-refractivity contribution in [3.8, 4) is 0 Å². The molecule has 100 valence electrons. The van der Waals surface area contributed by atoms with E-state index in [1.807, 2.05) is 0 Å². The Bertz CT molecular complexity index is 508. The van der Waals surface area contributed by atoms with E-state index in [9.17, 15) is 13.6 Å². The predicted octanol–water partition coefficient (Wildman–Crippen LogP) is -0.172. The number of anilines is 1. The fraction of sp³-hybridized carbons (Fsp3) is 0.600. The van der Waals surface area contributed by atoms with Gasteiger partial charge in [0.15, 0.2) is 24.0 Å². The Kier molecular flexibility index (Phi) is 3.31. The predicted molar refractivity (Wildman–Crippen MR) is 57.9 cm³/mol. The van der Waals surface area contributed by atoms with E-state index in [0.29, 0.717) is 4.57 Å². The topological polar surface area (TPSA) is 90.4 Å². The zero-order valence-electron chi connectivity index (χ0n) is 9.59. The summed E-state index contributed by atoms with van der Waals surface area (Å²) in [6, 6.07) is 0. The van der Waals surface area contributed by atoms with Gasteiger partial charge in [-0.15, -0.1) is 0 Å². The molecule has 1 aliphatic heterocycles. The van der Waals surface area contributed by atoms with Gasteiger partial charge in [-0.05, 0) is 0 Å². The molecule has 1 saturated heterocycles. The quantitative estimate of drug-likeness (QED) is 0.771. The minimum Gasteiger partial charge on any atom is -0.394 e. The molecule has 1 fully saturated rings. The smallest absolute Gasteiger partial charge is 0.351 e. The Morgan fingerprint density at radius 1 is 1.67 bits per heavy atom. The molecule has 0 aromatic carbocycles. The van der Waals surface area contributed by atoms with E-state index >= 15 is 0 Å². The molecule has 0 aliphatic carbocycles. The summed E-state index contributed by atoms with van der Waals surface area (Å²) in [5.74, 6) is -2.07. The summed E-state index contributed by atoms with van der Waals surface area (Å²) in [7, 11) is 0. The van der Waals surface area contributed by atoms with E-state index in [2.05, 4.69) is 4.98 Å². The molecular formula is C10H13F2N3O3. The van der Waals surface area contributed by atoms with E-state index in [4.69, 9.17) is 15.6 Å².